The van der Waals surface area contributed by atoms with Gasteiger partial charge in [-0.1, -0.05) is 24.3 Å². The van der Waals surface area contributed by atoms with Crippen molar-refractivity contribution in [1.29, 1.82) is 0 Å². The van der Waals surface area contributed by atoms with Crippen molar-refractivity contribution in [2.45, 2.75) is 24.5 Å². The lowest BCUT2D eigenvalue weighted by molar-refractivity contribution is 0.857. The lowest BCUT2D eigenvalue weighted by Gasteiger charge is -2.16. The van der Waals surface area contributed by atoms with Gasteiger partial charge in [-0.15, -0.1) is 0 Å². The first-order valence-corrected chi connectivity index (χ1v) is 4.45. The lowest BCUT2D eigenvalue weighted by Crippen LogP contribution is -2.06. The van der Waals surface area contributed by atoms with E-state index in [1.807, 2.05) is 0 Å². The zero-order chi connectivity index (χ0) is 7.90. The summed E-state index contributed by atoms with van der Waals surface area (Å²) in [5, 5.41) is 0. The Balaban J connectivity index is 2.35. The summed E-state index contributed by atoms with van der Waals surface area (Å²) in [5.41, 5.74) is 3.00. The highest BCUT2D eigenvalue weighted by molar-refractivity contribution is 7.82. The highest BCUT2D eigenvalue weighted by Gasteiger charge is 2.18. The van der Waals surface area contributed by atoms with E-state index in [0.717, 1.165) is 0 Å². The van der Waals surface area contributed by atoms with Crippen LogP contribution in [0.15, 0.2) is 35.5 Å². The molecule has 0 heterocycles. The van der Waals surface area contributed by atoms with Gasteiger partial charge in [0.15, 0.2) is 0 Å². The smallest absolute Gasteiger partial charge is 0.0466 e. The minimum absolute atomic E-state index is 0.0443. The predicted octanol–water partition coefficient (Wildman–Crippen LogP) is 2.89. The van der Waals surface area contributed by atoms with Crippen LogP contribution in [0.1, 0.15) is 19.8 Å². The highest BCUT2D eigenvalue weighted by Crippen LogP contribution is 2.34. The minimum atomic E-state index is -0.0443. The first-order valence-electron chi connectivity index (χ1n) is 4.00. The van der Waals surface area contributed by atoms with Crippen LogP contribution in [0.5, 0.6) is 0 Å². The van der Waals surface area contributed by atoms with E-state index in [1.54, 1.807) is 0 Å². The van der Waals surface area contributed by atoms with Crippen LogP contribution in [0.3, 0.4) is 0 Å². The van der Waals surface area contributed by atoms with E-state index >= 15 is 0 Å². The topological polar surface area (TPSA) is 0 Å². The summed E-state index contributed by atoms with van der Waals surface area (Å²) in [7, 11) is 0. The van der Waals surface area contributed by atoms with Crippen molar-refractivity contribution in [3.8, 4) is 0 Å². The van der Waals surface area contributed by atoms with Gasteiger partial charge in [-0.2, -0.15) is 12.6 Å². The molecule has 0 radical (unpaired) electrons. The van der Waals surface area contributed by atoms with E-state index < -0.39 is 0 Å². The van der Waals surface area contributed by atoms with Gasteiger partial charge in [0.1, 0.15) is 0 Å². The van der Waals surface area contributed by atoms with Crippen molar-refractivity contribution in [2.24, 2.45) is 0 Å². The fourth-order valence-corrected chi connectivity index (χ4v) is 1.54. The van der Waals surface area contributed by atoms with Crippen LogP contribution in [0.4, 0.5) is 0 Å². The molecule has 0 fully saturated rings. The highest BCUT2D eigenvalue weighted by atomic mass is 32.1. The molecule has 0 nitrogen and oxygen atoms in total. The monoisotopic (exact) mass is 164 g/mol. The summed E-state index contributed by atoms with van der Waals surface area (Å²) >= 11 is 4.50. The third-order valence-electron chi connectivity index (χ3n) is 2.32. The van der Waals surface area contributed by atoms with Gasteiger partial charge >= 0.3 is 0 Å². The number of allylic oxidation sites excluding steroid dienone is 4. The predicted molar refractivity (Wildman–Crippen MR) is 51.9 cm³/mol. The summed E-state index contributed by atoms with van der Waals surface area (Å²) in [6.07, 6.45) is 11.2. The molecular formula is C10H12S. The molecule has 2 aliphatic carbocycles. The molecule has 0 spiro atoms. The maximum atomic E-state index is 4.50. The Morgan fingerprint density at radius 1 is 1.18 bits per heavy atom. The van der Waals surface area contributed by atoms with Gasteiger partial charge < -0.3 is 0 Å². The molecule has 0 amide bonds. The second kappa shape index (κ2) is 2.28. The molecule has 0 unspecified atom stereocenters. The van der Waals surface area contributed by atoms with Gasteiger partial charge in [0.05, 0.1) is 0 Å². The molecule has 2 rings (SSSR count). The van der Waals surface area contributed by atoms with Crippen LogP contribution in [0.25, 0.3) is 0 Å². The van der Waals surface area contributed by atoms with Gasteiger partial charge in [0, 0.05) is 4.75 Å². The number of rotatable bonds is 0. The van der Waals surface area contributed by atoms with E-state index in [2.05, 4.69) is 43.9 Å². The Bertz CT molecular complexity index is 241. The standard InChI is InChI=1S/C10H12S/c1-10(11)6-4-8-2-3-9(8)5-7-10/h4-7,11H,2-3H2,1H3. The Labute approximate surface area is 73.1 Å². The summed E-state index contributed by atoms with van der Waals surface area (Å²) in [6, 6.07) is 0. The SMILES string of the molecule is CC1(S)C=CC2=C(C=C1)CC2. The maximum absolute atomic E-state index is 4.50. The van der Waals surface area contributed by atoms with Crippen molar-refractivity contribution < 1.29 is 0 Å². The molecule has 0 saturated heterocycles. The Kier molecular flexibility index (Phi) is 1.50. The van der Waals surface area contributed by atoms with Crippen LogP contribution in [-0.2, 0) is 0 Å². The molecule has 0 saturated carbocycles. The van der Waals surface area contributed by atoms with Crippen molar-refractivity contribution in [1.82, 2.24) is 0 Å². The summed E-state index contributed by atoms with van der Waals surface area (Å²) in [5.74, 6) is 0. The number of thiol groups is 1. The molecule has 0 aromatic heterocycles. The van der Waals surface area contributed by atoms with Crippen molar-refractivity contribution in [3.63, 3.8) is 0 Å². The van der Waals surface area contributed by atoms with Gasteiger partial charge in [-0.3, -0.25) is 0 Å². The summed E-state index contributed by atoms with van der Waals surface area (Å²) in [4.78, 5) is 0. The summed E-state index contributed by atoms with van der Waals surface area (Å²) in [6.45, 7) is 2.11. The molecule has 0 bridgehead atoms. The third-order valence-corrected chi connectivity index (χ3v) is 2.62. The van der Waals surface area contributed by atoms with Crippen molar-refractivity contribution in [2.75, 3.05) is 0 Å². The van der Waals surface area contributed by atoms with Crippen molar-refractivity contribution >= 4 is 12.6 Å². The normalized spacial score (nSPS) is 26.0. The zero-order valence-electron chi connectivity index (χ0n) is 6.67. The maximum Gasteiger partial charge on any atom is 0.0466 e. The molecule has 2 aliphatic rings. The van der Waals surface area contributed by atoms with Gasteiger partial charge in [0.25, 0.3) is 0 Å². The van der Waals surface area contributed by atoms with Crippen LogP contribution >= 0.6 is 12.6 Å². The van der Waals surface area contributed by atoms with Crippen LogP contribution in [0.2, 0.25) is 0 Å². The number of hydrogen-bond acceptors (Lipinski definition) is 1. The number of hydrogen-bond donors (Lipinski definition) is 1. The van der Waals surface area contributed by atoms with E-state index in [9.17, 15) is 0 Å². The molecule has 0 N–H and O–H groups in total. The molecular weight excluding hydrogens is 152 g/mol. The van der Waals surface area contributed by atoms with Gasteiger partial charge in [-0.05, 0) is 30.9 Å². The molecule has 1 heteroatoms. The first-order chi connectivity index (χ1) is 5.17. The van der Waals surface area contributed by atoms with Crippen LogP contribution < -0.4 is 0 Å². The largest absolute Gasteiger partial charge is 0.164 e. The zero-order valence-corrected chi connectivity index (χ0v) is 7.57. The van der Waals surface area contributed by atoms with Crippen LogP contribution in [0, 0.1) is 0 Å². The van der Waals surface area contributed by atoms with Gasteiger partial charge in [-0.25, -0.2) is 0 Å². The van der Waals surface area contributed by atoms with E-state index in [-0.39, 0.29) is 4.75 Å². The third kappa shape index (κ3) is 1.30. The average Bonchev–Trinajstić information content (AvgIpc) is 1.91. The van der Waals surface area contributed by atoms with Crippen LogP contribution in [-0.4, -0.2) is 4.75 Å². The molecule has 0 aliphatic heterocycles. The Morgan fingerprint density at radius 3 is 2.00 bits per heavy atom. The van der Waals surface area contributed by atoms with Gasteiger partial charge in [0.2, 0.25) is 0 Å². The summed E-state index contributed by atoms with van der Waals surface area (Å²) < 4.78 is -0.0443. The fraction of sp³-hybridized carbons (Fsp3) is 0.400. The van der Waals surface area contributed by atoms with E-state index in [1.165, 1.54) is 24.0 Å². The quantitative estimate of drug-likeness (QED) is 0.523. The van der Waals surface area contributed by atoms with E-state index in [4.69, 9.17) is 0 Å². The fourth-order valence-electron chi connectivity index (χ4n) is 1.39. The molecule has 0 aromatic rings. The lowest BCUT2D eigenvalue weighted by atomic mass is 9.89. The average molecular weight is 164 g/mol. The van der Waals surface area contributed by atoms with Crippen molar-refractivity contribution in [3.05, 3.63) is 35.5 Å². The molecule has 0 aromatic carbocycles. The Morgan fingerprint density at radius 2 is 1.64 bits per heavy atom. The first kappa shape index (κ1) is 7.23. The second-order valence-corrected chi connectivity index (χ2v) is 4.41. The van der Waals surface area contributed by atoms with E-state index in [0.29, 0.717) is 0 Å². The molecule has 0 atom stereocenters. The minimum Gasteiger partial charge on any atom is -0.164 e. The Hall–Kier alpha value is -0.430. The molecule has 11 heavy (non-hydrogen) atoms. The second-order valence-electron chi connectivity index (χ2n) is 3.44. The molecule has 58 valence electrons.